The zero-order chi connectivity index (χ0) is 12.7. The average molecular weight is 237 g/mol. The van der Waals surface area contributed by atoms with Crippen LogP contribution in [0.1, 0.15) is 32.4 Å². The van der Waals surface area contributed by atoms with E-state index in [0.29, 0.717) is 12.6 Å². The number of benzene rings is 1. The van der Waals surface area contributed by atoms with E-state index in [1.807, 2.05) is 25.1 Å². The third kappa shape index (κ3) is 4.36. The molecule has 0 aliphatic rings. The van der Waals surface area contributed by atoms with Crippen molar-refractivity contribution in [1.29, 1.82) is 0 Å². The molecule has 0 aliphatic carbocycles. The Kier molecular flexibility index (Phi) is 6.01. The van der Waals surface area contributed by atoms with E-state index in [2.05, 4.69) is 25.2 Å². The lowest BCUT2D eigenvalue weighted by atomic mass is 10.1. The van der Waals surface area contributed by atoms with Crippen LogP contribution in [0, 0.1) is 0 Å². The predicted molar refractivity (Wildman–Crippen MR) is 70.5 cm³/mol. The van der Waals surface area contributed by atoms with Gasteiger partial charge in [-0.1, -0.05) is 32.0 Å². The van der Waals surface area contributed by atoms with Crippen molar-refractivity contribution in [2.45, 2.75) is 32.9 Å². The van der Waals surface area contributed by atoms with Gasteiger partial charge in [-0.2, -0.15) is 0 Å². The number of ether oxygens (including phenoxy) is 2. The fourth-order valence-electron chi connectivity index (χ4n) is 1.74. The van der Waals surface area contributed by atoms with Crippen LogP contribution in [0.25, 0.3) is 0 Å². The fourth-order valence-corrected chi connectivity index (χ4v) is 1.74. The van der Waals surface area contributed by atoms with Crippen LogP contribution in [-0.4, -0.2) is 26.3 Å². The number of methoxy groups -OCH3 is 1. The first kappa shape index (κ1) is 14.0. The molecule has 1 N–H and O–H groups in total. The number of para-hydroxylation sites is 1. The third-order valence-electron chi connectivity index (χ3n) is 2.57. The van der Waals surface area contributed by atoms with E-state index in [-0.39, 0.29) is 6.10 Å². The van der Waals surface area contributed by atoms with Crippen LogP contribution < -0.4 is 10.1 Å². The molecule has 1 aromatic rings. The second-order valence-corrected chi connectivity index (χ2v) is 4.25. The summed E-state index contributed by atoms with van der Waals surface area (Å²) in [6.07, 6.45) is 0.0403. The van der Waals surface area contributed by atoms with Crippen LogP contribution >= 0.6 is 0 Å². The van der Waals surface area contributed by atoms with Gasteiger partial charge in [0.25, 0.3) is 0 Å². The van der Waals surface area contributed by atoms with Gasteiger partial charge in [0.15, 0.2) is 0 Å². The summed E-state index contributed by atoms with van der Waals surface area (Å²) >= 11 is 0. The Balaban J connectivity index is 2.80. The van der Waals surface area contributed by atoms with Gasteiger partial charge >= 0.3 is 0 Å². The van der Waals surface area contributed by atoms with Gasteiger partial charge in [0.1, 0.15) is 5.75 Å². The summed E-state index contributed by atoms with van der Waals surface area (Å²) in [4.78, 5) is 0. The minimum absolute atomic E-state index is 0.0403. The lowest BCUT2D eigenvalue weighted by Crippen LogP contribution is -2.29. The van der Waals surface area contributed by atoms with Crippen molar-refractivity contribution in [2.75, 3.05) is 20.3 Å². The summed E-state index contributed by atoms with van der Waals surface area (Å²) in [6, 6.07) is 8.46. The molecule has 0 aliphatic heterocycles. The standard InChI is InChI=1S/C14H23NO2/c1-5-17-14(10-15-11(2)3)12-8-6-7-9-13(12)16-4/h6-9,11,14-15H,5,10H2,1-4H3. The SMILES string of the molecule is CCOC(CNC(C)C)c1ccccc1OC. The molecule has 0 amide bonds. The van der Waals surface area contributed by atoms with E-state index in [1.54, 1.807) is 7.11 Å². The van der Waals surface area contributed by atoms with Crippen molar-refractivity contribution in [3.63, 3.8) is 0 Å². The topological polar surface area (TPSA) is 30.5 Å². The first-order chi connectivity index (χ1) is 8.19. The molecule has 0 saturated carbocycles. The molecule has 0 radical (unpaired) electrons. The number of hydrogen-bond acceptors (Lipinski definition) is 3. The molecule has 17 heavy (non-hydrogen) atoms. The first-order valence-corrected chi connectivity index (χ1v) is 6.17. The van der Waals surface area contributed by atoms with E-state index in [9.17, 15) is 0 Å². The molecule has 96 valence electrons. The fraction of sp³-hybridized carbons (Fsp3) is 0.571. The van der Waals surface area contributed by atoms with Crippen molar-refractivity contribution in [1.82, 2.24) is 5.32 Å². The summed E-state index contributed by atoms with van der Waals surface area (Å²) in [5.41, 5.74) is 1.10. The van der Waals surface area contributed by atoms with E-state index >= 15 is 0 Å². The zero-order valence-corrected chi connectivity index (χ0v) is 11.2. The Bertz CT molecular complexity index is 326. The number of nitrogens with one attached hydrogen (secondary N) is 1. The van der Waals surface area contributed by atoms with E-state index in [1.165, 1.54) is 0 Å². The minimum atomic E-state index is 0.0403. The maximum Gasteiger partial charge on any atom is 0.124 e. The summed E-state index contributed by atoms with van der Waals surface area (Å²) in [5, 5.41) is 3.40. The van der Waals surface area contributed by atoms with Crippen molar-refractivity contribution in [2.24, 2.45) is 0 Å². The van der Waals surface area contributed by atoms with Crippen LogP contribution in [0.5, 0.6) is 5.75 Å². The minimum Gasteiger partial charge on any atom is -0.496 e. The smallest absolute Gasteiger partial charge is 0.124 e. The van der Waals surface area contributed by atoms with Gasteiger partial charge in [-0.25, -0.2) is 0 Å². The van der Waals surface area contributed by atoms with Crippen molar-refractivity contribution in [3.8, 4) is 5.75 Å². The van der Waals surface area contributed by atoms with Gasteiger partial charge in [0, 0.05) is 24.8 Å². The molecule has 0 aromatic heterocycles. The van der Waals surface area contributed by atoms with Gasteiger partial charge in [0.05, 0.1) is 13.2 Å². The summed E-state index contributed by atoms with van der Waals surface area (Å²) in [7, 11) is 1.69. The van der Waals surface area contributed by atoms with Gasteiger partial charge in [0.2, 0.25) is 0 Å². The molecule has 0 spiro atoms. The summed E-state index contributed by atoms with van der Waals surface area (Å²) in [5.74, 6) is 0.886. The zero-order valence-electron chi connectivity index (χ0n) is 11.2. The molecule has 3 heteroatoms. The second-order valence-electron chi connectivity index (χ2n) is 4.25. The molecule has 1 rings (SSSR count). The van der Waals surface area contributed by atoms with Gasteiger partial charge < -0.3 is 14.8 Å². The van der Waals surface area contributed by atoms with Crippen LogP contribution in [0.4, 0.5) is 0 Å². The van der Waals surface area contributed by atoms with Gasteiger partial charge in [-0.3, -0.25) is 0 Å². The highest BCUT2D eigenvalue weighted by atomic mass is 16.5. The van der Waals surface area contributed by atoms with Gasteiger partial charge in [-0.05, 0) is 13.0 Å². The number of rotatable bonds is 7. The van der Waals surface area contributed by atoms with Crippen LogP contribution in [0.15, 0.2) is 24.3 Å². The largest absolute Gasteiger partial charge is 0.496 e. The highest BCUT2D eigenvalue weighted by Gasteiger charge is 2.15. The molecule has 0 bridgehead atoms. The monoisotopic (exact) mass is 237 g/mol. The highest BCUT2D eigenvalue weighted by Crippen LogP contribution is 2.26. The maximum absolute atomic E-state index is 5.78. The Morgan fingerprint density at radius 1 is 1.24 bits per heavy atom. The molecule has 0 fully saturated rings. The molecule has 3 nitrogen and oxygen atoms in total. The molecule has 1 aromatic carbocycles. The van der Waals surface area contributed by atoms with Gasteiger partial charge in [-0.15, -0.1) is 0 Å². The molecule has 0 heterocycles. The maximum atomic E-state index is 5.78. The predicted octanol–water partition coefficient (Wildman–Crippen LogP) is 2.77. The van der Waals surface area contributed by atoms with E-state index in [4.69, 9.17) is 9.47 Å². The Morgan fingerprint density at radius 3 is 2.53 bits per heavy atom. The van der Waals surface area contributed by atoms with Crippen LogP contribution in [0.3, 0.4) is 0 Å². The second kappa shape index (κ2) is 7.30. The molecule has 1 unspecified atom stereocenters. The highest BCUT2D eigenvalue weighted by molar-refractivity contribution is 5.35. The molecular weight excluding hydrogens is 214 g/mol. The molecule has 1 atom stereocenters. The average Bonchev–Trinajstić information content (AvgIpc) is 2.34. The summed E-state index contributed by atoms with van der Waals surface area (Å²) in [6.45, 7) is 7.77. The lowest BCUT2D eigenvalue weighted by Gasteiger charge is -2.21. The van der Waals surface area contributed by atoms with Crippen LogP contribution in [0.2, 0.25) is 0 Å². The summed E-state index contributed by atoms with van der Waals surface area (Å²) < 4.78 is 11.2. The van der Waals surface area contributed by atoms with Crippen molar-refractivity contribution in [3.05, 3.63) is 29.8 Å². The quantitative estimate of drug-likeness (QED) is 0.791. The molecule has 0 saturated heterocycles. The third-order valence-corrected chi connectivity index (χ3v) is 2.57. The van der Waals surface area contributed by atoms with Crippen molar-refractivity contribution < 1.29 is 9.47 Å². The lowest BCUT2D eigenvalue weighted by molar-refractivity contribution is 0.0592. The van der Waals surface area contributed by atoms with Crippen molar-refractivity contribution >= 4 is 0 Å². The van der Waals surface area contributed by atoms with Crippen LogP contribution in [-0.2, 0) is 4.74 Å². The first-order valence-electron chi connectivity index (χ1n) is 6.17. The molecular formula is C14H23NO2. The normalized spacial score (nSPS) is 12.8. The van der Waals surface area contributed by atoms with E-state index < -0.39 is 0 Å². The number of hydrogen-bond donors (Lipinski definition) is 1. The Morgan fingerprint density at radius 2 is 1.94 bits per heavy atom. The Hall–Kier alpha value is -1.06. The Labute approximate surface area is 104 Å². The van der Waals surface area contributed by atoms with E-state index in [0.717, 1.165) is 17.9 Å².